The normalized spacial score (nSPS) is 13.4. The van der Waals surface area contributed by atoms with E-state index in [1.54, 1.807) is 6.92 Å². The van der Waals surface area contributed by atoms with Gasteiger partial charge in [-0.25, -0.2) is 9.59 Å². The average molecular weight is 526 g/mol. The topological polar surface area (TPSA) is 161 Å². The molecule has 0 aliphatic rings. The molecule has 0 fully saturated rings. The Morgan fingerprint density at radius 3 is 1.95 bits per heavy atom. The minimum atomic E-state index is -1.81. The van der Waals surface area contributed by atoms with E-state index in [-0.39, 0.29) is 55.8 Å². The Kier molecular flexibility index (Phi) is 12.9. The first-order valence-corrected chi connectivity index (χ1v) is 12.3. The maximum Gasteiger partial charge on any atom is 0.513 e. The van der Waals surface area contributed by atoms with Crippen LogP contribution in [0.15, 0.2) is 18.2 Å². The number of carbonyl (C=O) groups excluding carboxylic acids is 3. The van der Waals surface area contributed by atoms with Gasteiger partial charge in [-0.3, -0.25) is 9.59 Å². The average Bonchev–Trinajstić information content (AvgIpc) is 2.77. The molecule has 208 valence electrons. The molecular formula is C26H39NO10. The van der Waals surface area contributed by atoms with Crippen LogP contribution in [-0.4, -0.2) is 54.2 Å². The second-order valence-electron chi connectivity index (χ2n) is 9.79. The standard InChI is InChI=1S/C26H39NO10/c1-7-8-22(28)35-18(6)12-26(27,23(29)30)13-19-9-10-20(36-24(31)33-14-16(2)3)21(11-19)37-25(32)34-15-17(4)5/h9-11,16-18H,7-8,12-15,27H2,1-6H3,(H,29,30)/t18-,26?/m0/s1. The van der Waals surface area contributed by atoms with Crippen molar-refractivity contribution >= 4 is 24.2 Å². The molecule has 0 amide bonds. The molecule has 1 rings (SSSR count). The summed E-state index contributed by atoms with van der Waals surface area (Å²) < 4.78 is 25.7. The van der Waals surface area contributed by atoms with Crippen LogP contribution >= 0.6 is 0 Å². The predicted octanol–water partition coefficient (Wildman–Crippen LogP) is 4.48. The molecule has 37 heavy (non-hydrogen) atoms. The molecule has 3 N–H and O–H groups in total. The Hall–Kier alpha value is -3.34. The number of hydrogen-bond acceptors (Lipinski definition) is 10. The fourth-order valence-corrected chi connectivity index (χ4v) is 3.18. The van der Waals surface area contributed by atoms with Crippen LogP contribution in [0.5, 0.6) is 11.5 Å². The number of ether oxygens (including phenoxy) is 5. The lowest BCUT2D eigenvalue weighted by Gasteiger charge is -2.28. The van der Waals surface area contributed by atoms with Gasteiger partial charge in [0.1, 0.15) is 11.6 Å². The second-order valence-corrected chi connectivity index (χ2v) is 9.79. The number of rotatable bonds is 14. The van der Waals surface area contributed by atoms with Gasteiger partial charge in [0.25, 0.3) is 0 Å². The highest BCUT2D eigenvalue weighted by Gasteiger charge is 2.37. The van der Waals surface area contributed by atoms with Crippen LogP contribution in [0, 0.1) is 11.8 Å². The van der Waals surface area contributed by atoms with Gasteiger partial charge >= 0.3 is 24.2 Å². The zero-order valence-corrected chi connectivity index (χ0v) is 22.4. The van der Waals surface area contributed by atoms with Gasteiger partial charge in [-0.1, -0.05) is 40.7 Å². The molecule has 1 aromatic carbocycles. The summed E-state index contributed by atoms with van der Waals surface area (Å²) in [5.74, 6) is -1.91. The zero-order valence-electron chi connectivity index (χ0n) is 22.4. The predicted molar refractivity (Wildman–Crippen MR) is 133 cm³/mol. The third-order valence-electron chi connectivity index (χ3n) is 4.85. The Bertz CT molecular complexity index is 930. The number of carboxylic acid groups (broad SMARTS) is 1. The summed E-state index contributed by atoms with van der Waals surface area (Å²) >= 11 is 0. The lowest BCUT2D eigenvalue weighted by Crippen LogP contribution is -2.52. The summed E-state index contributed by atoms with van der Waals surface area (Å²) in [6.07, 6.45) is -2.33. The molecule has 0 spiro atoms. The van der Waals surface area contributed by atoms with Crippen LogP contribution in [0.3, 0.4) is 0 Å². The molecule has 1 aromatic rings. The van der Waals surface area contributed by atoms with E-state index in [0.29, 0.717) is 12.0 Å². The molecule has 11 nitrogen and oxygen atoms in total. The van der Waals surface area contributed by atoms with Gasteiger partial charge in [0, 0.05) is 19.3 Å². The molecule has 0 aliphatic carbocycles. The maximum absolute atomic E-state index is 12.2. The van der Waals surface area contributed by atoms with E-state index >= 15 is 0 Å². The van der Waals surface area contributed by atoms with Gasteiger partial charge < -0.3 is 34.5 Å². The maximum atomic E-state index is 12.2. The van der Waals surface area contributed by atoms with E-state index in [4.69, 9.17) is 29.4 Å². The minimum absolute atomic E-state index is 0.0578. The lowest BCUT2D eigenvalue weighted by molar-refractivity contribution is -0.153. The summed E-state index contributed by atoms with van der Waals surface area (Å²) in [5, 5.41) is 9.84. The van der Waals surface area contributed by atoms with Crippen molar-refractivity contribution in [1.29, 1.82) is 0 Å². The molecule has 0 saturated carbocycles. The lowest BCUT2D eigenvalue weighted by atomic mass is 9.86. The molecule has 0 radical (unpaired) electrons. The largest absolute Gasteiger partial charge is 0.513 e. The molecule has 2 atom stereocenters. The third-order valence-corrected chi connectivity index (χ3v) is 4.85. The van der Waals surface area contributed by atoms with Crippen molar-refractivity contribution in [2.75, 3.05) is 13.2 Å². The highest BCUT2D eigenvalue weighted by atomic mass is 16.7. The Morgan fingerprint density at radius 2 is 1.46 bits per heavy atom. The van der Waals surface area contributed by atoms with Crippen LogP contribution in [0.2, 0.25) is 0 Å². The molecule has 0 aliphatic heterocycles. The molecule has 1 unspecified atom stereocenters. The van der Waals surface area contributed by atoms with E-state index in [9.17, 15) is 24.3 Å². The Labute approximate surface area is 217 Å². The van der Waals surface area contributed by atoms with Gasteiger partial charge in [0.05, 0.1) is 13.2 Å². The number of hydrogen-bond donors (Lipinski definition) is 2. The van der Waals surface area contributed by atoms with Gasteiger partial charge in [-0.15, -0.1) is 0 Å². The van der Waals surface area contributed by atoms with Crippen molar-refractivity contribution in [3.8, 4) is 11.5 Å². The molecule has 0 saturated heterocycles. The quantitative estimate of drug-likeness (QED) is 0.200. The number of benzene rings is 1. The van der Waals surface area contributed by atoms with Gasteiger partial charge in [-0.05, 0) is 42.9 Å². The van der Waals surface area contributed by atoms with Crippen LogP contribution in [0.1, 0.15) is 66.4 Å². The number of esters is 1. The van der Waals surface area contributed by atoms with E-state index in [1.165, 1.54) is 18.2 Å². The summed E-state index contributed by atoms with van der Waals surface area (Å²) in [6, 6.07) is 4.15. The molecule has 0 aromatic heterocycles. The molecule has 0 heterocycles. The molecular weight excluding hydrogens is 486 g/mol. The van der Waals surface area contributed by atoms with E-state index in [1.807, 2.05) is 34.6 Å². The van der Waals surface area contributed by atoms with Gasteiger partial charge in [-0.2, -0.15) is 0 Å². The number of carboxylic acids is 1. The first kappa shape index (κ1) is 31.7. The van der Waals surface area contributed by atoms with Crippen molar-refractivity contribution in [1.82, 2.24) is 0 Å². The van der Waals surface area contributed by atoms with E-state index in [0.717, 1.165) is 0 Å². The van der Waals surface area contributed by atoms with Crippen LogP contribution in [0.4, 0.5) is 9.59 Å². The Balaban J connectivity index is 3.16. The van der Waals surface area contributed by atoms with E-state index in [2.05, 4.69) is 0 Å². The summed E-state index contributed by atoms with van der Waals surface area (Å²) in [5.41, 5.74) is 4.78. The van der Waals surface area contributed by atoms with Crippen molar-refractivity contribution in [3.05, 3.63) is 23.8 Å². The minimum Gasteiger partial charge on any atom is -0.480 e. The monoisotopic (exact) mass is 525 g/mol. The summed E-state index contributed by atoms with van der Waals surface area (Å²) in [7, 11) is 0. The van der Waals surface area contributed by atoms with Crippen LogP contribution < -0.4 is 15.2 Å². The third kappa shape index (κ3) is 12.0. The highest BCUT2D eigenvalue weighted by Crippen LogP contribution is 2.31. The van der Waals surface area contributed by atoms with Crippen LogP contribution in [0.25, 0.3) is 0 Å². The first-order chi connectivity index (χ1) is 17.2. The van der Waals surface area contributed by atoms with Crippen LogP contribution in [-0.2, 0) is 30.2 Å². The number of nitrogens with two attached hydrogens (primary N) is 1. The zero-order chi connectivity index (χ0) is 28.2. The summed E-state index contributed by atoms with van der Waals surface area (Å²) in [4.78, 5) is 48.1. The van der Waals surface area contributed by atoms with Crippen molar-refractivity contribution in [2.24, 2.45) is 17.6 Å². The highest BCUT2D eigenvalue weighted by molar-refractivity contribution is 5.79. The van der Waals surface area contributed by atoms with Crippen molar-refractivity contribution < 1.29 is 48.0 Å². The Morgan fingerprint density at radius 1 is 0.919 bits per heavy atom. The van der Waals surface area contributed by atoms with Gasteiger partial charge in [0.2, 0.25) is 0 Å². The number of aliphatic carboxylic acids is 1. The molecule has 11 heteroatoms. The number of carbonyl (C=O) groups is 4. The second kappa shape index (κ2) is 15.0. The van der Waals surface area contributed by atoms with Crippen molar-refractivity contribution in [3.63, 3.8) is 0 Å². The van der Waals surface area contributed by atoms with E-state index < -0.39 is 35.9 Å². The smallest absolute Gasteiger partial charge is 0.480 e. The fraction of sp³-hybridized carbons (Fsp3) is 0.615. The first-order valence-electron chi connectivity index (χ1n) is 12.3. The fourth-order valence-electron chi connectivity index (χ4n) is 3.18. The summed E-state index contributed by atoms with van der Waals surface area (Å²) in [6.45, 7) is 11.0. The van der Waals surface area contributed by atoms with Crippen molar-refractivity contribution in [2.45, 2.75) is 78.9 Å². The van der Waals surface area contributed by atoms with Gasteiger partial charge in [0.15, 0.2) is 11.5 Å². The molecule has 0 bridgehead atoms. The SMILES string of the molecule is CCCC(=O)O[C@@H](C)CC(N)(Cc1ccc(OC(=O)OCC(C)C)c(OC(=O)OCC(C)C)c1)C(=O)O.